The highest BCUT2D eigenvalue weighted by molar-refractivity contribution is 8.00. The molecule has 0 aliphatic rings. The minimum Gasteiger partial charge on any atom is -0.465 e. The Bertz CT molecular complexity index is 1100. The number of fused-ring (bicyclic) bond motifs is 1. The summed E-state index contributed by atoms with van der Waals surface area (Å²) >= 11 is 3.07. The van der Waals surface area contributed by atoms with E-state index in [-0.39, 0.29) is 11.0 Å². The molecule has 148 valence electrons. The van der Waals surface area contributed by atoms with Gasteiger partial charge in [-0.1, -0.05) is 11.8 Å². The first-order valence-electron chi connectivity index (χ1n) is 8.88. The quantitative estimate of drug-likeness (QED) is 0.280. The highest BCUT2D eigenvalue weighted by atomic mass is 32.2. The highest BCUT2D eigenvalue weighted by Gasteiger charge is 2.27. The Kier molecular flexibility index (Phi) is 5.63. The number of hydrogen-bond donors (Lipinski definition) is 1. The van der Waals surface area contributed by atoms with E-state index in [9.17, 15) is 9.59 Å². The minimum absolute atomic E-state index is 0.0743. The Morgan fingerprint density at radius 3 is 2.43 bits per heavy atom. The second-order valence-electron chi connectivity index (χ2n) is 6.78. The average Bonchev–Trinajstić information content (AvgIpc) is 3.09. The summed E-state index contributed by atoms with van der Waals surface area (Å²) in [5.41, 5.74) is 3.27. The molecule has 0 amide bonds. The number of carbonyl (C=O) groups is 2. The van der Waals surface area contributed by atoms with E-state index in [0.717, 1.165) is 20.8 Å². The summed E-state index contributed by atoms with van der Waals surface area (Å²) in [6.45, 7) is 11.4. The Hall–Kier alpha value is -2.19. The smallest absolute Gasteiger partial charge is 0.339 e. The van der Waals surface area contributed by atoms with Crippen molar-refractivity contribution in [2.75, 3.05) is 7.11 Å². The number of methoxy groups -OCH3 is 1. The van der Waals surface area contributed by atoms with Gasteiger partial charge in [-0.05, 0) is 52.7 Å². The first-order chi connectivity index (χ1) is 13.1. The van der Waals surface area contributed by atoms with Gasteiger partial charge >= 0.3 is 5.97 Å². The first-order valence-corrected chi connectivity index (χ1v) is 10.6. The normalized spacial score (nSPS) is 12.4. The molecule has 0 saturated carbocycles. The van der Waals surface area contributed by atoms with Crippen molar-refractivity contribution in [3.05, 3.63) is 38.8 Å². The van der Waals surface area contributed by atoms with Crippen LogP contribution >= 0.6 is 23.1 Å². The van der Waals surface area contributed by atoms with Crippen molar-refractivity contribution in [2.24, 2.45) is 0 Å². The molecule has 3 rings (SSSR count). The number of Topliss-reactive ketones (excluding diaryl/α,β-unsaturated/α-hetero) is 1. The number of H-pyrrole nitrogens is 1. The van der Waals surface area contributed by atoms with Gasteiger partial charge in [0.05, 0.1) is 23.6 Å². The first kappa shape index (κ1) is 20.5. The molecule has 8 heteroatoms. The number of carbonyl (C=O) groups excluding carboxylic acids is 2. The molecule has 28 heavy (non-hydrogen) atoms. The molecule has 0 spiro atoms. The summed E-state index contributed by atoms with van der Waals surface area (Å²) in [4.78, 5) is 39.5. The Morgan fingerprint density at radius 2 is 1.79 bits per heavy atom. The van der Waals surface area contributed by atoms with Crippen LogP contribution in [0.2, 0.25) is 0 Å². The number of nitrogens with zero attached hydrogens (tertiary/aromatic N) is 2. The standard InChI is InChI=1S/C20H23N3O3S2/c1-8-11(4)27-18-15(8)19(23-13(6)22-18)28-12(5)17(24)16-9(2)14(10(3)21-16)20(25)26-7/h12,21H,1-7H3/t12-/m0/s1. The molecule has 6 nitrogen and oxygen atoms in total. The van der Waals surface area contributed by atoms with Crippen LogP contribution in [0.15, 0.2) is 5.03 Å². The molecule has 0 unspecified atom stereocenters. The lowest BCUT2D eigenvalue weighted by molar-refractivity contribution is 0.0599. The summed E-state index contributed by atoms with van der Waals surface area (Å²) in [6, 6.07) is 0. The summed E-state index contributed by atoms with van der Waals surface area (Å²) in [5.74, 6) is 0.175. The molecule has 3 aromatic heterocycles. The van der Waals surface area contributed by atoms with Crippen molar-refractivity contribution in [3.8, 4) is 0 Å². The van der Waals surface area contributed by atoms with E-state index in [4.69, 9.17) is 4.74 Å². The molecule has 0 radical (unpaired) electrons. The molecule has 0 saturated heterocycles. The lowest BCUT2D eigenvalue weighted by Crippen LogP contribution is -2.16. The number of aryl methyl sites for hydroxylation is 4. The third kappa shape index (κ3) is 3.46. The van der Waals surface area contributed by atoms with Crippen LogP contribution < -0.4 is 0 Å². The number of hydrogen-bond acceptors (Lipinski definition) is 7. The molecule has 0 aromatic carbocycles. The van der Waals surface area contributed by atoms with Crippen molar-refractivity contribution < 1.29 is 14.3 Å². The van der Waals surface area contributed by atoms with Crippen molar-refractivity contribution in [1.82, 2.24) is 15.0 Å². The number of thioether (sulfide) groups is 1. The van der Waals surface area contributed by atoms with Gasteiger partial charge in [0.25, 0.3) is 0 Å². The molecular weight excluding hydrogens is 394 g/mol. The monoisotopic (exact) mass is 417 g/mol. The van der Waals surface area contributed by atoms with E-state index in [1.54, 1.807) is 25.2 Å². The summed E-state index contributed by atoms with van der Waals surface area (Å²) < 4.78 is 4.83. The zero-order valence-corrected chi connectivity index (χ0v) is 18.6. The third-order valence-corrected chi connectivity index (χ3v) is 7.03. The summed E-state index contributed by atoms with van der Waals surface area (Å²) in [7, 11) is 1.34. The molecular formula is C20H23N3O3S2. The fourth-order valence-corrected chi connectivity index (χ4v) is 5.48. The van der Waals surface area contributed by atoms with Crippen LogP contribution in [0, 0.1) is 34.6 Å². The maximum Gasteiger partial charge on any atom is 0.339 e. The van der Waals surface area contributed by atoms with Gasteiger partial charge in [-0.3, -0.25) is 4.79 Å². The number of rotatable bonds is 5. The zero-order valence-electron chi connectivity index (χ0n) is 17.0. The van der Waals surface area contributed by atoms with Crippen molar-refractivity contribution in [3.63, 3.8) is 0 Å². The van der Waals surface area contributed by atoms with Gasteiger partial charge in [-0.15, -0.1) is 11.3 Å². The molecule has 0 aliphatic heterocycles. The zero-order chi connectivity index (χ0) is 20.7. The van der Waals surface area contributed by atoms with E-state index in [1.807, 2.05) is 13.8 Å². The van der Waals surface area contributed by atoms with Crippen LogP contribution in [0.4, 0.5) is 0 Å². The van der Waals surface area contributed by atoms with Gasteiger partial charge in [-0.25, -0.2) is 14.8 Å². The Morgan fingerprint density at radius 1 is 1.11 bits per heavy atom. The Balaban J connectivity index is 1.96. The third-order valence-electron chi connectivity index (χ3n) is 4.84. The van der Waals surface area contributed by atoms with E-state index in [0.29, 0.717) is 28.3 Å². The van der Waals surface area contributed by atoms with E-state index in [2.05, 4.69) is 28.8 Å². The molecule has 0 aliphatic carbocycles. The molecule has 0 bridgehead atoms. The van der Waals surface area contributed by atoms with Crippen LogP contribution in [0.3, 0.4) is 0 Å². The van der Waals surface area contributed by atoms with E-state index < -0.39 is 5.97 Å². The van der Waals surface area contributed by atoms with Crippen LogP contribution in [-0.2, 0) is 4.74 Å². The van der Waals surface area contributed by atoms with Crippen LogP contribution in [0.25, 0.3) is 10.2 Å². The topological polar surface area (TPSA) is 84.9 Å². The second kappa shape index (κ2) is 7.67. The van der Waals surface area contributed by atoms with Crippen molar-refractivity contribution >= 4 is 45.1 Å². The van der Waals surface area contributed by atoms with Gasteiger partial charge in [0.1, 0.15) is 15.7 Å². The maximum absolute atomic E-state index is 13.1. The van der Waals surface area contributed by atoms with Crippen molar-refractivity contribution in [1.29, 1.82) is 0 Å². The van der Waals surface area contributed by atoms with Gasteiger partial charge in [-0.2, -0.15) is 0 Å². The summed E-state index contributed by atoms with van der Waals surface area (Å²) in [5, 5.41) is 1.46. The number of ketones is 1. The van der Waals surface area contributed by atoms with Crippen molar-refractivity contribution in [2.45, 2.75) is 51.8 Å². The van der Waals surface area contributed by atoms with Gasteiger partial charge in [0, 0.05) is 16.0 Å². The number of ether oxygens (including phenoxy) is 1. The van der Waals surface area contributed by atoms with E-state index in [1.165, 1.54) is 23.7 Å². The van der Waals surface area contributed by atoms with Gasteiger partial charge < -0.3 is 9.72 Å². The van der Waals surface area contributed by atoms with Crippen LogP contribution in [0.5, 0.6) is 0 Å². The fourth-order valence-electron chi connectivity index (χ4n) is 3.23. The molecule has 3 aromatic rings. The van der Waals surface area contributed by atoms with Gasteiger partial charge in [0.2, 0.25) is 0 Å². The average molecular weight is 418 g/mol. The van der Waals surface area contributed by atoms with Crippen LogP contribution in [0.1, 0.15) is 55.3 Å². The molecule has 0 fully saturated rings. The maximum atomic E-state index is 13.1. The molecule has 3 heterocycles. The predicted molar refractivity (Wildman–Crippen MR) is 113 cm³/mol. The number of nitrogens with one attached hydrogen (secondary N) is 1. The van der Waals surface area contributed by atoms with Crippen LogP contribution in [-0.4, -0.2) is 39.1 Å². The van der Waals surface area contributed by atoms with E-state index >= 15 is 0 Å². The number of esters is 1. The predicted octanol–water partition coefficient (Wildman–Crippen LogP) is 4.71. The minimum atomic E-state index is -0.442. The SMILES string of the molecule is COC(=O)c1c(C)[nH]c(C(=O)[C@H](C)Sc2nc(C)nc3sc(C)c(C)c23)c1C. The molecule has 1 N–H and O–H groups in total. The lowest BCUT2D eigenvalue weighted by Gasteiger charge is -2.11. The largest absolute Gasteiger partial charge is 0.465 e. The summed E-state index contributed by atoms with van der Waals surface area (Å²) in [6.07, 6.45) is 0. The Labute approximate surface area is 172 Å². The lowest BCUT2D eigenvalue weighted by atomic mass is 10.1. The molecule has 1 atom stereocenters. The fraction of sp³-hybridized carbons (Fsp3) is 0.400. The van der Waals surface area contributed by atoms with Gasteiger partial charge in [0.15, 0.2) is 5.78 Å². The number of aromatic amines is 1. The number of thiophene rings is 1. The highest BCUT2D eigenvalue weighted by Crippen LogP contribution is 2.37. The second-order valence-corrected chi connectivity index (χ2v) is 9.31. The number of aromatic nitrogens is 3.